The lowest BCUT2D eigenvalue weighted by Gasteiger charge is -2.19. The van der Waals surface area contributed by atoms with Gasteiger partial charge >= 0.3 is 6.18 Å². The Balaban J connectivity index is 3.34. The molecule has 0 unspecified atom stereocenters. The van der Waals surface area contributed by atoms with E-state index in [2.05, 4.69) is 0 Å². The number of halogens is 3. The quantitative estimate of drug-likeness (QED) is 0.871. The summed E-state index contributed by atoms with van der Waals surface area (Å²) in [6.07, 6.45) is -4.79. The molecule has 0 amide bonds. The standard InChI is InChI=1S/C11H11F3N2O2/c1-18-8-5-6(2-3-15)4-7(9(8)17)10(16)11(12,13)14/h4-5,10,17H,2,16H2,1H3/t10-/m0/s1. The predicted molar refractivity (Wildman–Crippen MR) is 57.0 cm³/mol. The number of hydrogen-bond acceptors (Lipinski definition) is 4. The summed E-state index contributed by atoms with van der Waals surface area (Å²) in [6, 6.07) is 1.82. The van der Waals surface area contributed by atoms with Crippen LogP contribution >= 0.6 is 0 Å². The van der Waals surface area contributed by atoms with Crippen molar-refractivity contribution in [2.45, 2.75) is 18.6 Å². The lowest BCUT2D eigenvalue weighted by Crippen LogP contribution is -2.28. The summed E-state index contributed by atoms with van der Waals surface area (Å²) >= 11 is 0. The van der Waals surface area contributed by atoms with Gasteiger partial charge in [-0.25, -0.2) is 0 Å². The van der Waals surface area contributed by atoms with Crippen LogP contribution in [0.5, 0.6) is 11.5 Å². The summed E-state index contributed by atoms with van der Waals surface area (Å²) in [4.78, 5) is 0. The largest absolute Gasteiger partial charge is 0.504 e. The van der Waals surface area contributed by atoms with Gasteiger partial charge in [-0.2, -0.15) is 18.4 Å². The number of aromatic hydroxyl groups is 1. The zero-order valence-electron chi connectivity index (χ0n) is 9.45. The molecule has 18 heavy (non-hydrogen) atoms. The van der Waals surface area contributed by atoms with Crippen LogP contribution in [0.2, 0.25) is 0 Å². The molecule has 0 aliphatic heterocycles. The van der Waals surface area contributed by atoms with Gasteiger partial charge in [0.25, 0.3) is 0 Å². The van der Waals surface area contributed by atoms with Crippen molar-refractivity contribution in [3.8, 4) is 17.6 Å². The van der Waals surface area contributed by atoms with E-state index in [-0.39, 0.29) is 12.2 Å². The molecule has 98 valence electrons. The molecular weight excluding hydrogens is 249 g/mol. The van der Waals surface area contributed by atoms with E-state index in [1.165, 1.54) is 13.2 Å². The molecule has 0 fully saturated rings. The molecule has 0 saturated heterocycles. The second kappa shape index (κ2) is 5.14. The highest BCUT2D eigenvalue weighted by Crippen LogP contribution is 2.40. The lowest BCUT2D eigenvalue weighted by atomic mass is 10.0. The highest BCUT2D eigenvalue weighted by Gasteiger charge is 2.40. The van der Waals surface area contributed by atoms with E-state index in [9.17, 15) is 18.3 Å². The summed E-state index contributed by atoms with van der Waals surface area (Å²) in [5.41, 5.74) is 4.82. The Labute approximate surface area is 101 Å². The monoisotopic (exact) mass is 260 g/mol. The van der Waals surface area contributed by atoms with E-state index in [4.69, 9.17) is 15.7 Å². The van der Waals surface area contributed by atoms with Crippen molar-refractivity contribution >= 4 is 0 Å². The number of ether oxygens (including phenoxy) is 1. The second-order valence-electron chi connectivity index (χ2n) is 3.59. The Morgan fingerprint density at radius 1 is 1.50 bits per heavy atom. The number of rotatable bonds is 3. The zero-order chi connectivity index (χ0) is 13.9. The van der Waals surface area contributed by atoms with Crippen molar-refractivity contribution in [2.24, 2.45) is 5.73 Å². The number of methoxy groups -OCH3 is 1. The topological polar surface area (TPSA) is 79.3 Å². The number of nitriles is 1. The maximum Gasteiger partial charge on any atom is 0.407 e. The molecule has 1 aromatic rings. The molecule has 1 aromatic carbocycles. The van der Waals surface area contributed by atoms with E-state index in [1.807, 2.05) is 0 Å². The van der Waals surface area contributed by atoms with Crippen molar-refractivity contribution in [3.05, 3.63) is 23.3 Å². The minimum atomic E-state index is -4.69. The Hall–Kier alpha value is -1.94. The molecule has 1 rings (SSSR count). The molecule has 0 aliphatic carbocycles. The highest BCUT2D eigenvalue weighted by molar-refractivity contribution is 5.50. The molecule has 0 saturated carbocycles. The first-order chi connectivity index (χ1) is 8.31. The fraction of sp³-hybridized carbons (Fsp3) is 0.364. The van der Waals surface area contributed by atoms with E-state index >= 15 is 0 Å². The van der Waals surface area contributed by atoms with Crippen molar-refractivity contribution in [2.75, 3.05) is 7.11 Å². The third kappa shape index (κ3) is 2.84. The smallest absolute Gasteiger partial charge is 0.407 e. The van der Waals surface area contributed by atoms with Crippen LogP contribution in [0.4, 0.5) is 13.2 Å². The van der Waals surface area contributed by atoms with E-state index in [0.29, 0.717) is 5.56 Å². The summed E-state index contributed by atoms with van der Waals surface area (Å²) in [5.74, 6) is -0.804. The van der Waals surface area contributed by atoms with Crippen LogP contribution in [0.25, 0.3) is 0 Å². The highest BCUT2D eigenvalue weighted by atomic mass is 19.4. The first-order valence-corrected chi connectivity index (χ1v) is 4.90. The second-order valence-corrected chi connectivity index (χ2v) is 3.59. The SMILES string of the molecule is COc1cc(CC#N)cc([C@H](N)C(F)(F)F)c1O. The number of alkyl halides is 3. The maximum absolute atomic E-state index is 12.5. The Morgan fingerprint density at radius 2 is 2.11 bits per heavy atom. The molecule has 0 aliphatic rings. The predicted octanol–water partition coefficient (Wildman–Crippen LogP) is 2.03. The van der Waals surface area contributed by atoms with Crippen LogP contribution in [0.3, 0.4) is 0 Å². The van der Waals surface area contributed by atoms with Gasteiger partial charge in [0.1, 0.15) is 6.04 Å². The van der Waals surface area contributed by atoms with Gasteiger partial charge in [-0.05, 0) is 17.7 Å². The lowest BCUT2D eigenvalue weighted by molar-refractivity contribution is -0.149. The van der Waals surface area contributed by atoms with Gasteiger partial charge in [-0.15, -0.1) is 0 Å². The normalized spacial score (nSPS) is 12.9. The first-order valence-electron chi connectivity index (χ1n) is 4.90. The molecule has 7 heteroatoms. The van der Waals surface area contributed by atoms with Crippen LogP contribution in [0.1, 0.15) is 17.2 Å². The van der Waals surface area contributed by atoms with Gasteiger partial charge < -0.3 is 15.6 Å². The van der Waals surface area contributed by atoms with Gasteiger partial charge in [0.05, 0.1) is 19.6 Å². The van der Waals surface area contributed by atoms with Crippen LogP contribution < -0.4 is 10.5 Å². The number of nitrogens with two attached hydrogens (primary N) is 1. The summed E-state index contributed by atoms with van der Waals surface area (Å²) in [5, 5.41) is 18.2. The summed E-state index contributed by atoms with van der Waals surface area (Å²) < 4.78 is 42.3. The van der Waals surface area contributed by atoms with Crippen molar-refractivity contribution in [1.29, 1.82) is 5.26 Å². The average molecular weight is 260 g/mol. The Morgan fingerprint density at radius 3 is 2.56 bits per heavy atom. The number of hydrogen-bond donors (Lipinski definition) is 2. The zero-order valence-corrected chi connectivity index (χ0v) is 9.45. The minimum Gasteiger partial charge on any atom is -0.504 e. The van der Waals surface area contributed by atoms with E-state index in [0.717, 1.165) is 6.07 Å². The number of nitrogens with zero attached hydrogens (tertiary/aromatic N) is 1. The molecule has 0 radical (unpaired) electrons. The third-order valence-electron chi connectivity index (χ3n) is 2.36. The summed E-state index contributed by atoms with van der Waals surface area (Å²) in [7, 11) is 1.20. The fourth-order valence-electron chi connectivity index (χ4n) is 1.45. The molecule has 4 nitrogen and oxygen atoms in total. The van der Waals surface area contributed by atoms with Crippen LogP contribution in [-0.2, 0) is 6.42 Å². The molecule has 0 aromatic heterocycles. The fourth-order valence-corrected chi connectivity index (χ4v) is 1.45. The minimum absolute atomic E-state index is 0.103. The Bertz CT molecular complexity index is 480. The van der Waals surface area contributed by atoms with Crippen LogP contribution in [0.15, 0.2) is 12.1 Å². The Kier molecular flexibility index (Phi) is 4.03. The van der Waals surface area contributed by atoms with Crippen molar-refractivity contribution in [3.63, 3.8) is 0 Å². The first kappa shape index (κ1) is 14.1. The van der Waals surface area contributed by atoms with Gasteiger partial charge in [0, 0.05) is 5.56 Å². The molecule has 1 atom stereocenters. The third-order valence-corrected chi connectivity index (χ3v) is 2.36. The van der Waals surface area contributed by atoms with Gasteiger partial charge in [0.2, 0.25) is 0 Å². The maximum atomic E-state index is 12.5. The molecule has 3 N–H and O–H groups in total. The van der Waals surface area contributed by atoms with Crippen LogP contribution in [0, 0.1) is 11.3 Å². The number of phenolic OH excluding ortho intramolecular Hbond substituents is 1. The molecule has 0 bridgehead atoms. The average Bonchev–Trinajstić information content (AvgIpc) is 2.29. The van der Waals surface area contributed by atoms with Gasteiger partial charge in [-0.1, -0.05) is 0 Å². The van der Waals surface area contributed by atoms with Crippen molar-refractivity contribution in [1.82, 2.24) is 0 Å². The summed E-state index contributed by atoms with van der Waals surface area (Å²) in [6.45, 7) is 0. The van der Waals surface area contributed by atoms with E-state index < -0.39 is 23.5 Å². The molecule has 0 spiro atoms. The van der Waals surface area contributed by atoms with Gasteiger partial charge in [-0.3, -0.25) is 0 Å². The van der Waals surface area contributed by atoms with Gasteiger partial charge in [0.15, 0.2) is 11.5 Å². The van der Waals surface area contributed by atoms with Crippen molar-refractivity contribution < 1.29 is 23.0 Å². The number of benzene rings is 1. The molecular formula is C11H11F3N2O2. The van der Waals surface area contributed by atoms with Crippen LogP contribution in [-0.4, -0.2) is 18.4 Å². The number of phenols is 1. The molecule has 0 heterocycles. The van der Waals surface area contributed by atoms with E-state index in [1.54, 1.807) is 6.07 Å².